The second kappa shape index (κ2) is 9.05. The van der Waals surface area contributed by atoms with Crippen molar-refractivity contribution in [3.05, 3.63) is 99.6 Å². The molecule has 3 aromatic rings. The Kier molecular flexibility index (Phi) is 6.50. The molecule has 0 fully saturated rings. The fourth-order valence-corrected chi connectivity index (χ4v) is 3.65. The quantitative estimate of drug-likeness (QED) is 0.574. The first-order valence-corrected chi connectivity index (χ1v) is 9.73. The molecular formula is C24H25ClN2O. The zero-order chi connectivity index (χ0) is 20.1. The second-order valence-corrected chi connectivity index (χ2v) is 7.53. The highest BCUT2D eigenvalue weighted by Gasteiger charge is 2.16. The molecule has 0 saturated carbocycles. The first-order valence-electron chi connectivity index (χ1n) is 9.35. The van der Waals surface area contributed by atoms with Crippen LogP contribution in [0.4, 0.5) is 5.69 Å². The van der Waals surface area contributed by atoms with Crippen molar-refractivity contribution < 1.29 is 4.79 Å². The fraction of sp³-hybridized carbons (Fsp3) is 0.208. The number of carbonyl (C=O) groups is 1. The Hall–Kier alpha value is -2.62. The van der Waals surface area contributed by atoms with Gasteiger partial charge in [0.05, 0.1) is 23.3 Å². The molecular weight excluding hydrogens is 368 g/mol. The molecule has 1 atom stereocenters. The number of halogens is 1. The number of hydrogen-bond donors (Lipinski definition) is 2. The van der Waals surface area contributed by atoms with Crippen LogP contribution in [0.25, 0.3) is 0 Å². The summed E-state index contributed by atoms with van der Waals surface area (Å²) in [7, 11) is 0. The Labute approximate surface area is 171 Å². The van der Waals surface area contributed by atoms with E-state index < -0.39 is 0 Å². The van der Waals surface area contributed by atoms with Gasteiger partial charge in [0.15, 0.2) is 0 Å². The molecule has 0 bridgehead atoms. The molecule has 0 spiro atoms. The number of rotatable bonds is 6. The lowest BCUT2D eigenvalue weighted by Gasteiger charge is -2.20. The molecule has 0 aliphatic rings. The number of carbonyl (C=O) groups excluding carboxylic acids is 1. The molecule has 2 N–H and O–H groups in total. The first kappa shape index (κ1) is 20.1. The molecule has 3 nitrogen and oxygen atoms in total. The van der Waals surface area contributed by atoms with Gasteiger partial charge in [-0.15, -0.1) is 0 Å². The van der Waals surface area contributed by atoms with Gasteiger partial charge < -0.3 is 5.32 Å². The van der Waals surface area contributed by atoms with Gasteiger partial charge in [0, 0.05) is 0 Å². The molecule has 0 aliphatic heterocycles. The van der Waals surface area contributed by atoms with Crippen LogP contribution >= 0.6 is 11.6 Å². The van der Waals surface area contributed by atoms with E-state index in [0.717, 1.165) is 22.3 Å². The van der Waals surface area contributed by atoms with Crippen LogP contribution in [0.2, 0.25) is 5.02 Å². The van der Waals surface area contributed by atoms with Gasteiger partial charge in [0.2, 0.25) is 5.91 Å². The van der Waals surface area contributed by atoms with Gasteiger partial charge in [-0.3, -0.25) is 10.1 Å². The van der Waals surface area contributed by atoms with Crippen molar-refractivity contribution in [2.75, 3.05) is 11.9 Å². The van der Waals surface area contributed by atoms with Gasteiger partial charge in [-0.1, -0.05) is 77.8 Å². The molecule has 4 heteroatoms. The van der Waals surface area contributed by atoms with Crippen LogP contribution in [-0.2, 0) is 4.79 Å². The summed E-state index contributed by atoms with van der Waals surface area (Å²) < 4.78 is 0. The summed E-state index contributed by atoms with van der Waals surface area (Å²) in [6, 6.07) is 22.3. The first-order chi connectivity index (χ1) is 13.4. The minimum absolute atomic E-state index is 0.0675. The van der Waals surface area contributed by atoms with E-state index in [9.17, 15) is 4.79 Å². The van der Waals surface area contributed by atoms with Gasteiger partial charge in [-0.2, -0.15) is 0 Å². The number of hydrogen-bond acceptors (Lipinski definition) is 2. The molecule has 144 valence electrons. The maximum absolute atomic E-state index is 12.6. The minimum atomic E-state index is -0.123. The predicted molar refractivity (Wildman–Crippen MR) is 117 cm³/mol. The van der Waals surface area contributed by atoms with E-state index in [0.29, 0.717) is 10.7 Å². The van der Waals surface area contributed by atoms with Gasteiger partial charge >= 0.3 is 0 Å². The summed E-state index contributed by atoms with van der Waals surface area (Å²) >= 11 is 6.31. The maximum Gasteiger partial charge on any atom is 0.238 e. The van der Waals surface area contributed by atoms with Crippen LogP contribution in [-0.4, -0.2) is 12.5 Å². The third-order valence-electron chi connectivity index (χ3n) is 4.71. The van der Waals surface area contributed by atoms with E-state index in [-0.39, 0.29) is 18.5 Å². The van der Waals surface area contributed by atoms with Gasteiger partial charge in [-0.25, -0.2) is 0 Å². The lowest BCUT2D eigenvalue weighted by atomic mass is 9.98. The Balaban J connectivity index is 1.75. The van der Waals surface area contributed by atoms with Crippen molar-refractivity contribution in [1.29, 1.82) is 0 Å². The van der Waals surface area contributed by atoms with Crippen LogP contribution in [0.15, 0.2) is 66.7 Å². The SMILES string of the molecule is Cc1ccc([C@H](NCC(=O)Nc2c(C)cc(C)cc2Cl)c2ccccc2)cc1. The van der Waals surface area contributed by atoms with E-state index in [1.165, 1.54) is 5.56 Å². The minimum Gasteiger partial charge on any atom is -0.323 e. The van der Waals surface area contributed by atoms with Crippen LogP contribution in [0.3, 0.4) is 0 Å². The molecule has 0 heterocycles. The van der Waals surface area contributed by atoms with E-state index >= 15 is 0 Å². The molecule has 3 rings (SSSR count). The van der Waals surface area contributed by atoms with Crippen molar-refractivity contribution in [3.8, 4) is 0 Å². The predicted octanol–water partition coefficient (Wildman–Crippen LogP) is 5.58. The normalized spacial score (nSPS) is 11.9. The van der Waals surface area contributed by atoms with Crippen LogP contribution in [0.5, 0.6) is 0 Å². The van der Waals surface area contributed by atoms with Crippen molar-refractivity contribution in [2.45, 2.75) is 26.8 Å². The van der Waals surface area contributed by atoms with E-state index in [2.05, 4.69) is 54.0 Å². The lowest BCUT2D eigenvalue weighted by molar-refractivity contribution is -0.115. The maximum atomic E-state index is 12.6. The Morgan fingerprint density at radius 3 is 2.18 bits per heavy atom. The third-order valence-corrected chi connectivity index (χ3v) is 5.00. The smallest absolute Gasteiger partial charge is 0.238 e. The van der Waals surface area contributed by atoms with E-state index in [1.807, 2.05) is 44.2 Å². The molecule has 0 aliphatic carbocycles. The summed E-state index contributed by atoms with van der Waals surface area (Å²) in [6.45, 7) is 6.17. The Bertz CT molecular complexity index is 929. The zero-order valence-corrected chi connectivity index (χ0v) is 17.2. The Morgan fingerprint density at radius 1 is 0.893 bits per heavy atom. The van der Waals surface area contributed by atoms with Crippen molar-refractivity contribution in [3.63, 3.8) is 0 Å². The standard InChI is InChI=1S/C24H25ClN2O/c1-16-9-11-20(12-10-16)24(19-7-5-4-6-8-19)26-15-22(28)27-23-18(3)13-17(2)14-21(23)25/h4-14,24,26H,15H2,1-3H3,(H,27,28)/t24-/m1/s1. The molecule has 0 aromatic heterocycles. The number of benzene rings is 3. The van der Waals surface area contributed by atoms with Crippen LogP contribution < -0.4 is 10.6 Å². The summed E-state index contributed by atoms with van der Waals surface area (Å²) in [4.78, 5) is 12.6. The largest absolute Gasteiger partial charge is 0.323 e. The summed E-state index contributed by atoms with van der Waals surface area (Å²) in [5, 5.41) is 6.89. The monoisotopic (exact) mass is 392 g/mol. The van der Waals surface area contributed by atoms with E-state index in [4.69, 9.17) is 11.6 Å². The van der Waals surface area contributed by atoms with Crippen LogP contribution in [0, 0.1) is 20.8 Å². The molecule has 28 heavy (non-hydrogen) atoms. The highest BCUT2D eigenvalue weighted by atomic mass is 35.5. The van der Waals surface area contributed by atoms with E-state index in [1.54, 1.807) is 0 Å². The summed E-state index contributed by atoms with van der Waals surface area (Å²) in [5.41, 5.74) is 6.14. The fourth-order valence-electron chi connectivity index (χ4n) is 3.28. The molecule has 3 aromatic carbocycles. The molecule has 0 radical (unpaired) electrons. The number of amides is 1. The van der Waals surface area contributed by atoms with Gasteiger partial charge in [0.25, 0.3) is 0 Å². The zero-order valence-electron chi connectivity index (χ0n) is 16.4. The number of nitrogens with one attached hydrogen (secondary N) is 2. The molecule has 1 amide bonds. The molecule has 0 saturated heterocycles. The number of anilines is 1. The average Bonchev–Trinajstić information content (AvgIpc) is 2.67. The van der Waals surface area contributed by atoms with Gasteiger partial charge in [0.1, 0.15) is 0 Å². The third kappa shape index (κ3) is 5.00. The molecule has 0 unspecified atom stereocenters. The second-order valence-electron chi connectivity index (χ2n) is 7.12. The topological polar surface area (TPSA) is 41.1 Å². The summed E-state index contributed by atoms with van der Waals surface area (Å²) in [6.07, 6.45) is 0. The van der Waals surface area contributed by atoms with Crippen molar-refractivity contribution >= 4 is 23.2 Å². The highest BCUT2D eigenvalue weighted by Crippen LogP contribution is 2.27. The number of aryl methyl sites for hydroxylation is 3. The average molecular weight is 393 g/mol. The lowest BCUT2D eigenvalue weighted by Crippen LogP contribution is -2.32. The van der Waals surface area contributed by atoms with Crippen LogP contribution in [0.1, 0.15) is 33.9 Å². The Morgan fingerprint density at radius 2 is 1.54 bits per heavy atom. The summed E-state index contributed by atoms with van der Waals surface area (Å²) in [5.74, 6) is -0.123. The van der Waals surface area contributed by atoms with Crippen molar-refractivity contribution in [1.82, 2.24) is 5.32 Å². The van der Waals surface area contributed by atoms with Gasteiger partial charge in [-0.05, 0) is 49.1 Å². The van der Waals surface area contributed by atoms with Crippen molar-refractivity contribution in [2.24, 2.45) is 0 Å². The highest BCUT2D eigenvalue weighted by molar-refractivity contribution is 6.34.